The number of likely N-dealkylation sites (tertiary alicyclic amines) is 1. The molecule has 3 aliphatic carbocycles. The van der Waals surface area contributed by atoms with Gasteiger partial charge in [0.15, 0.2) is 0 Å². The first-order valence-corrected chi connectivity index (χ1v) is 9.92. The highest BCUT2D eigenvalue weighted by molar-refractivity contribution is 5.88. The molecule has 0 spiro atoms. The van der Waals surface area contributed by atoms with Crippen molar-refractivity contribution in [2.75, 3.05) is 11.9 Å². The molecule has 1 amide bonds. The van der Waals surface area contributed by atoms with E-state index in [1.165, 1.54) is 11.1 Å². The summed E-state index contributed by atoms with van der Waals surface area (Å²) in [6, 6.07) is 12.4. The Hall–Kier alpha value is -2.94. The lowest BCUT2D eigenvalue weighted by Gasteiger charge is -2.69. The molecule has 28 heavy (non-hydrogen) atoms. The molecule has 2 heterocycles. The van der Waals surface area contributed by atoms with Gasteiger partial charge in [0.25, 0.3) is 0 Å². The normalized spacial score (nSPS) is 30.1. The molecule has 4 aliphatic rings. The van der Waals surface area contributed by atoms with E-state index in [9.17, 15) is 4.79 Å². The van der Waals surface area contributed by atoms with Gasteiger partial charge in [0, 0.05) is 18.3 Å². The van der Waals surface area contributed by atoms with Crippen LogP contribution in [-0.4, -0.2) is 32.9 Å². The zero-order valence-electron chi connectivity index (χ0n) is 16.0. The van der Waals surface area contributed by atoms with Crippen molar-refractivity contribution in [2.45, 2.75) is 50.6 Å². The minimum absolute atomic E-state index is 0.0811. The van der Waals surface area contributed by atoms with Gasteiger partial charge in [-0.25, -0.2) is 9.97 Å². The molecule has 6 heteroatoms. The molecule has 1 atom stereocenters. The summed E-state index contributed by atoms with van der Waals surface area (Å²) in [5.41, 5.74) is 2.55. The largest absolute Gasteiger partial charge is 0.349 e. The summed E-state index contributed by atoms with van der Waals surface area (Å²) in [4.78, 5) is 23.9. The molecule has 6 rings (SSSR count). The molecule has 1 aliphatic heterocycles. The van der Waals surface area contributed by atoms with Gasteiger partial charge in [-0.2, -0.15) is 5.26 Å². The number of aryl methyl sites for hydroxylation is 1. The van der Waals surface area contributed by atoms with Crippen molar-refractivity contribution in [1.29, 1.82) is 5.26 Å². The van der Waals surface area contributed by atoms with Gasteiger partial charge in [-0.05, 0) is 50.7 Å². The van der Waals surface area contributed by atoms with Crippen LogP contribution in [0.1, 0.15) is 55.0 Å². The first kappa shape index (κ1) is 17.2. The van der Waals surface area contributed by atoms with Gasteiger partial charge in [-0.15, -0.1) is 0 Å². The number of benzene rings is 1. The van der Waals surface area contributed by atoms with Crippen molar-refractivity contribution in [3.63, 3.8) is 0 Å². The van der Waals surface area contributed by atoms with Crippen LogP contribution in [0.15, 0.2) is 36.5 Å². The molecular weight excluding hydrogens is 350 g/mol. The van der Waals surface area contributed by atoms with Crippen molar-refractivity contribution in [2.24, 2.45) is 5.41 Å². The molecule has 1 unspecified atom stereocenters. The van der Waals surface area contributed by atoms with Crippen molar-refractivity contribution < 1.29 is 4.79 Å². The first-order valence-electron chi connectivity index (χ1n) is 9.92. The summed E-state index contributed by atoms with van der Waals surface area (Å²) in [7, 11) is 0. The maximum absolute atomic E-state index is 13.4. The number of nitrogens with one attached hydrogen (secondary N) is 1. The summed E-state index contributed by atoms with van der Waals surface area (Å²) >= 11 is 0. The molecule has 4 fully saturated rings. The summed E-state index contributed by atoms with van der Waals surface area (Å²) in [6.45, 7) is 2.96. The van der Waals surface area contributed by atoms with Crippen molar-refractivity contribution >= 4 is 11.9 Å². The van der Waals surface area contributed by atoms with Gasteiger partial charge in [0.2, 0.25) is 11.9 Å². The topological polar surface area (TPSA) is 81.9 Å². The Morgan fingerprint density at radius 2 is 2.14 bits per heavy atom. The molecule has 3 saturated carbocycles. The SMILES string of the molecule is Cc1cccc(C2CCCN2C(=O)C23CC(Nc4nccc(C#N)n4)(C2)C3)c1. The predicted molar refractivity (Wildman–Crippen MR) is 104 cm³/mol. The molecule has 0 radical (unpaired) electrons. The second kappa shape index (κ2) is 6.03. The van der Waals surface area contributed by atoms with Gasteiger partial charge >= 0.3 is 0 Å². The highest BCUT2D eigenvalue weighted by Crippen LogP contribution is 2.69. The van der Waals surface area contributed by atoms with E-state index < -0.39 is 0 Å². The van der Waals surface area contributed by atoms with E-state index in [4.69, 9.17) is 5.26 Å². The number of hydrogen-bond donors (Lipinski definition) is 1. The summed E-state index contributed by atoms with van der Waals surface area (Å²) in [5, 5.41) is 12.4. The Labute approximate surface area is 164 Å². The number of hydrogen-bond acceptors (Lipinski definition) is 5. The fourth-order valence-electron chi connectivity index (χ4n) is 5.40. The van der Waals surface area contributed by atoms with Gasteiger partial charge < -0.3 is 10.2 Å². The van der Waals surface area contributed by atoms with Crippen LogP contribution in [0.3, 0.4) is 0 Å². The Morgan fingerprint density at radius 3 is 2.89 bits per heavy atom. The number of rotatable bonds is 4. The number of anilines is 1. The molecule has 2 aromatic rings. The number of nitriles is 1. The van der Waals surface area contributed by atoms with E-state index in [0.717, 1.165) is 38.6 Å². The summed E-state index contributed by atoms with van der Waals surface area (Å²) in [5.74, 6) is 0.797. The van der Waals surface area contributed by atoms with Crippen LogP contribution in [0.25, 0.3) is 0 Å². The Morgan fingerprint density at radius 1 is 1.32 bits per heavy atom. The average Bonchev–Trinajstić information content (AvgIpc) is 3.13. The van der Waals surface area contributed by atoms with Crippen LogP contribution in [0, 0.1) is 23.7 Å². The lowest BCUT2D eigenvalue weighted by molar-refractivity contribution is -0.180. The van der Waals surface area contributed by atoms with Gasteiger partial charge in [-0.1, -0.05) is 29.8 Å². The van der Waals surface area contributed by atoms with Gasteiger partial charge in [0.1, 0.15) is 11.8 Å². The van der Waals surface area contributed by atoms with Crippen molar-refractivity contribution in [1.82, 2.24) is 14.9 Å². The van der Waals surface area contributed by atoms with E-state index in [1.807, 2.05) is 6.07 Å². The molecular formula is C22H23N5O. The quantitative estimate of drug-likeness (QED) is 0.889. The van der Waals surface area contributed by atoms with Crippen LogP contribution in [0.4, 0.5) is 5.95 Å². The fraction of sp³-hybridized carbons (Fsp3) is 0.455. The average molecular weight is 373 g/mol. The second-order valence-corrected chi connectivity index (χ2v) is 8.66. The monoisotopic (exact) mass is 373 g/mol. The summed E-state index contributed by atoms with van der Waals surface area (Å²) < 4.78 is 0. The minimum Gasteiger partial charge on any atom is -0.349 e. The van der Waals surface area contributed by atoms with E-state index in [1.54, 1.807) is 12.3 Å². The molecule has 1 aromatic carbocycles. The predicted octanol–water partition coefficient (Wildman–Crippen LogP) is 3.36. The maximum atomic E-state index is 13.4. The summed E-state index contributed by atoms with van der Waals surface area (Å²) in [6.07, 6.45) is 6.20. The second-order valence-electron chi connectivity index (χ2n) is 8.66. The van der Waals surface area contributed by atoms with Gasteiger partial charge in [0.05, 0.1) is 11.5 Å². The number of amides is 1. The third kappa shape index (κ3) is 2.57. The molecule has 6 nitrogen and oxygen atoms in total. The minimum atomic E-state index is -0.216. The van der Waals surface area contributed by atoms with E-state index in [-0.39, 0.29) is 17.0 Å². The van der Waals surface area contributed by atoms with Crippen LogP contribution < -0.4 is 5.32 Å². The molecule has 1 saturated heterocycles. The van der Waals surface area contributed by atoms with E-state index in [2.05, 4.69) is 51.4 Å². The lowest BCUT2D eigenvalue weighted by Crippen LogP contribution is -2.75. The standard InChI is InChI=1S/C22H23N5O/c1-15-4-2-5-16(10-15)18-6-3-9-27(18)19(28)21-12-22(13-21,14-21)26-20-24-8-7-17(11-23)25-20/h2,4-5,7-8,10,18H,3,6,9,12-14H2,1H3,(H,24,25,26). The van der Waals surface area contributed by atoms with Crippen molar-refractivity contribution in [3.8, 4) is 6.07 Å². The lowest BCUT2D eigenvalue weighted by atomic mass is 9.39. The zero-order chi connectivity index (χ0) is 19.4. The Balaban J connectivity index is 1.27. The highest BCUT2D eigenvalue weighted by atomic mass is 16.2. The highest BCUT2D eigenvalue weighted by Gasteiger charge is 2.73. The van der Waals surface area contributed by atoms with Crippen LogP contribution >= 0.6 is 0 Å². The molecule has 1 aromatic heterocycles. The first-order chi connectivity index (χ1) is 13.5. The number of aromatic nitrogens is 2. The van der Waals surface area contributed by atoms with Gasteiger partial charge in [-0.3, -0.25) is 4.79 Å². The third-order valence-corrected chi connectivity index (χ3v) is 6.57. The number of nitrogens with zero attached hydrogens (tertiary/aromatic N) is 4. The zero-order valence-corrected chi connectivity index (χ0v) is 16.0. The smallest absolute Gasteiger partial charge is 0.229 e. The van der Waals surface area contributed by atoms with E-state index >= 15 is 0 Å². The Bertz CT molecular complexity index is 975. The maximum Gasteiger partial charge on any atom is 0.229 e. The Kier molecular flexibility index (Phi) is 3.70. The van der Waals surface area contributed by atoms with E-state index in [0.29, 0.717) is 17.5 Å². The van der Waals surface area contributed by atoms with Crippen LogP contribution in [0.2, 0.25) is 0 Å². The molecule has 1 N–H and O–H groups in total. The van der Waals surface area contributed by atoms with Crippen LogP contribution in [-0.2, 0) is 4.79 Å². The van der Waals surface area contributed by atoms with Crippen molar-refractivity contribution in [3.05, 3.63) is 53.3 Å². The molecule has 142 valence electrons. The number of carbonyl (C=O) groups excluding carboxylic acids is 1. The number of carbonyl (C=O) groups is 1. The third-order valence-electron chi connectivity index (χ3n) is 6.57. The fourth-order valence-corrected chi connectivity index (χ4v) is 5.40. The molecule has 2 bridgehead atoms. The van der Waals surface area contributed by atoms with Crippen LogP contribution in [0.5, 0.6) is 0 Å².